The number of amides is 2. The number of nitrogens with two attached hydrogens (primary N) is 1. The Bertz CT molecular complexity index is 778. The third kappa shape index (κ3) is 5.60. The van der Waals surface area contributed by atoms with Crippen LogP contribution in [0.15, 0.2) is 0 Å². The Kier molecular flexibility index (Phi) is 8.35. The van der Waals surface area contributed by atoms with Crippen molar-refractivity contribution >= 4 is 24.9 Å². The number of hydrogen-bond donors (Lipinski definition) is 3. The normalized spacial score (nSPS) is 30.7. The van der Waals surface area contributed by atoms with E-state index in [1.807, 2.05) is 0 Å². The molecule has 3 saturated carbocycles. The van der Waals surface area contributed by atoms with E-state index in [0.29, 0.717) is 24.2 Å². The van der Waals surface area contributed by atoms with Crippen LogP contribution in [-0.2, 0) is 28.4 Å². The van der Waals surface area contributed by atoms with Crippen LogP contribution in [0.1, 0.15) is 73.6 Å². The average molecular weight is 479 g/mol. The molecule has 34 heavy (non-hydrogen) atoms. The third-order valence-electron chi connectivity index (χ3n) is 8.07. The minimum absolute atomic E-state index is 0.00742. The van der Waals surface area contributed by atoms with Crippen molar-refractivity contribution < 1.29 is 28.4 Å². The Labute approximate surface area is 203 Å². The van der Waals surface area contributed by atoms with Crippen LogP contribution in [0.2, 0.25) is 0 Å². The van der Waals surface area contributed by atoms with Crippen molar-refractivity contribution in [2.45, 2.75) is 97.3 Å². The smallest absolute Gasteiger partial charge is 0.466 e. The van der Waals surface area contributed by atoms with Gasteiger partial charge in [-0.2, -0.15) is 0 Å². The van der Waals surface area contributed by atoms with Crippen molar-refractivity contribution in [1.29, 1.82) is 0 Å². The van der Waals surface area contributed by atoms with Crippen LogP contribution < -0.4 is 16.4 Å². The molecular formula is C24H42BN3O6. The van der Waals surface area contributed by atoms with Gasteiger partial charge in [-0.05, 0) is 56.3 Å². The molecule has 6 atom stereocenters. The summed E-state index contributed by atoms with van der Waals surface area (Å²) in [5.74, 6) is -0.0712. The van der Waals surface area contributed by atoms with Gasteiger partial charge in [0, 0.05) is 13.0 Å². The molecule has 4 N–H and O–H groups in total. The van der Waals surface area contributed by atoms with Gasteiger partial charge in [0.2, 0.25) is 11.8 Å². The zero-order valence-electron chi connectivity index (χ0n) is 21.5. The highest BCUT2D eigenvalue weighted by Crippen LogP contribution is 2.65. The monoisotopic (exact) mass is 479 g/mol. The van der Waals surface area contributed by atoms with Crippen LogP contribution in [0.3, 0.4) is 0 Å². The molecule has 1 heterocycles. The summed E-state index contributed by atoms with van der Waals surface area (Å²) in [5.41, 5.74) is 5.95. The Morgan fingerprint density at radius 2 is 1.88 bits per heavy atom. The van der Waals surface area contributed by atoms with E-state index in [9.17, 15) is 14.4 Å². The topological polar surface area (TPSA) is 129 Å². The molecule has 0 radical (unpaired) electrons. The molecule has 1 saturated heterocycles. The van der Waals surface area contributed by atoms with E-state index in [2.05, 4.69) is 45.3 Å². The molecule has 4 aliphatic rings. The first-order valence-electron chi connectivity index (χ1n) is 12.7. The Hall–Kier alpha value is -1.65. The summed E-state index contributed by atoms with van der Waals surface area (Å²) in [6.07, 6.45) is 2.86. The summed E-state index contributed by atoms with van der Waals surface area (Å²) in [5, 5.41) is 5.63. The quantitative estimate of drug-likeness (QED) is 0.303. The van der Waals surface area contributed by atoms with Crippen LogP contribution in [-0.4, -0.2) is 61.7 Å². The van der Waals surface area contributed by atoms with E-state index in [0.717, 1.165) is 12.8 Å². The fraction of sp³-hybridized carbons (Fsp3) is 0.875. The van der Waals surface area contributed by atoms with Gasteiger partial charge in [0.15, 0.2) is 0 Å². The molecule has 0 unspecified atom stereocenters. The fourth-order valence-electron chi connectivity index (χ4n) is 5.96. The first-order chi connectivity index (χ1) is 15.9. The van der Waals surface area contributed by atoms with Gasteiger partial charge < -0.3 is 30.4 Å². The highest BCUT2D eigenvalue weighted by atomic mass is 16.7. The van der Waals surface area contributed by atoms with E-state index < -0.39 is 19.1 Å². The molecule has 2 bridgehead atoms. The third-order valence-corrected chi connectivity index (χ3v) is 8.07. The molecule has 4 fully saturated rings. The van der Waals surface area contributed by atoms with Crippen LogP contribution in [0.5, 0.6) is 0 Å². The van der Waals surface area contributed by atoms with Gasteiger partial charge in [-0.15, -0.1) is 0 Å². The second kappa shape index (κ2) is 10.5. The number of esters is 1. The zero-order chi connectivity index (χ0) is 25.3. The van der Waals surface area contributed by atoms with Crippen molar-refractivity contribution in [3.8, 4) is 0 Å². The fourth-order valence-corrected chi connectivity index (χ4v) is 5.96. The largest absolute Gasteiger partial charge is 0.481 e. The lowest BCUT2D eigenvalue weighted by Gasteiger charge is -2.64. The minimum atomic E-state index is -0.924. The molecule has 1 aliphatic heterocycles. The average Bonchev–Trinajstić information content (AvgIpc) is 3.12. The molecule has 0 spiro atoms. The molecule has 0 aromatic carbocycles. The van der Waals surface area contributed by atoms with Crippen molar-refractivity contribution in [3.05, 3.63) is 0 Å². The van der Waals surface area contributed by atoms with E-state index in [1.165, 1.54) is 0 Å². The molecule has 3 aliphatic carbocycles. The number of ether oxygens (including phenoxy) is 1. The first-order valence-corrected chi connectivity index (χ1v) is 12.7. The lowest BCUT2D eigenvalue weighted by molar-refractivity contribution is -0.199. The van der Waals surface area contributed by atoms with Gasteiger partial charge in [-0.1, -0.05) is 27.7 Å². The van der Waals surface area contributed by atoms with Crippen molar-refractivity contribution in [2.24, 2.45) is 28.9 Å². The lowest BCUT2D eigenvalue weighted by Crippen LogP contribution is -2.65. The second-order valence-corrected chi connectivity index (χ2v) is 11.3. The predicted octanol–water partition coefficient (Wildman–Crippen LogP) is 1.57. The highest BCUT2D eigenvalue weighted by molar-refractivity contribution is 6.47. The number of carbonyl (C=O) groups is 3. The van der Waals surface area contributed by atoms with Gasteiger partial charge in [0.05, 0.1) is 30.7 Å². The predicted molar refractivity (Wildman–Crippen MR) is 128 cm³/mol. The summed E-state index contributed by atoms with van der Waals surface area (Å²) in [6.45, 7) is 12.9. The van der Waals surface area contributed by atoms with E-state index in [4.69, 9.17) is 19.8 Å². The van der Waals surface area contributed by atoms with Crippen LogP contribution in [0.25, 0.3) is 0 Å². The van der Waals surface area contributed by atoms with Gasteiger partial charge in [-0.25, -0.2) is 0 Å². The van der Waals surface area contributed by atoms with Crippen LogP contribution in [0, 0.1) is 23.2 Å². The lowest BCUT2D eigenvalue weighted by atomic mass is 9.43. The maximum absolute atomic E-state index is 12.9. The maximum atomic E-state index is 12.9. The van der Waals surface area contributed by atoms with E-state index in [-0.39, 0.29) is 60.9 Å². The van der Waals surface area contributed by atoms with Crippen LogP contribution in [0.4, 0.5) is 0 Å². The van der Waals surface area contributed by atoms with E-state index >= 15 is 0 Å². The van der Waals surface area contributed by atoms with Crippen molar-refractivity contribution in [3.63, 3.8) is 0 Å². The zero-order valence-corrected chi connectivity index (χ0v) is 21.5. The molecule has 192 valence electrons. The highest BCUT2D eigenvalue weighted by Gasteiger charge is 2.68. The number of hydrogen-bond acceptors (Lipinski definition) is 7. The summed E-state index contributed by atoms with van der Waals surface area (Å²) < 4.78 is 17.8. The minimum Gasteiger partial charge on any atom is -0.466 e. The summed E-state index contributed by atoms with van der Waals surface area (Å²) >= 11 is 0. The molecular weight excluding hydrogens is 437 g/mol. The first kappa shape index (κ1) is 27.0. The standard InChI is InChI=1S/C24H42BN3O6/c1-7-32-21(30)9-8-20(29)27-13-16(26)22(31)28-19(10-14(2)3)25-33-18-12-15-11-17(23(15,4)5)24(18,6)34-25/h14-19H,7-13,26H2,1-6H3,(H,27,29)(H,28,31)/t15-,16+,17-,18-,19+,24+/m1/s1. The van der Waals surface area contributed by atoms with Gasteiger partial charge in [0.25, 0.3) is 0 Å². The summed E-state index contributed by atoms with van der Waals surface area (Å²) in [7, 11) is -0.525. The Balaban J connectivity index is 1.53. The molecule has 2 amide bonds. The molecule has 9 nitrogen and oxygen atoms in total. The molecule has 10 heteroatoms. The molecule has 0 aromatic rings. The number of carbonyl (C=O) groups excluding carboxylic acids is 3. The summed E-state index contributed by atoms with van der Waals surface area (Å²) in [6, 6.07) is -0.924. The Morgan fingerprint density at radius 3 is 2.50 bits per heavy atom. The number of rotatable bonds is 11. The number of nitrogens with one attached hydrogen (secondary N) is 2. The SMILES string of the molecule is CCOC(=O)CCC(=O)NC[C@H](N)C(=O)N[C@@H](CC(C)C)B1O[C@@H]2C[C@H]3C[C@H](C3(C)C)[C@]2(C)O1. The molecule has 4 rings (SSSR count). The second-order valence-electron chi connectivity index (χ2n) is 11.3. The van der Waals surface area contributed by atoms with Gasteiger partial charge >= 0.3 is 13.1 Å². The molecule has 0 aromatic heterocycles. The maximum Gasteiger partial charge on any atom is 0.481 e. The van der Waals surface area contributed by atoms with Gasteiger partial charge in [-0.3, -0.25) is 14.4 Å². The van der Waals surface area contributed by atoms with Gasteiger partial charge in [0.1, 0.15) is 6.04 Å². The van der Waals surface area contributed by atoms with E-state index in [1.54, 1.807) is 6.92 Å². The summed E-state index contributed by atoms with van der Waals surface area (Å²) in [4.78, 5) is 36.2. The van der Waals surface area contributed by atoms with Crippen molar-refractivity contribution in [2.75, 3.05) is 13.2 Å². The Morgan fingerprint density at radius 1 is 1.18 bits per heavy atom. The van der Waals surface area contributed by atoms with Crippen LogP contribution >= 0.6 is 0 Å². The van der Waals surface area contributed by atoms with Crippen molar-refractivity contribution in [1.82, 2.24) is 10.6 Å².